The third-order valence-corrected chi connectivity index (χ3v) is 3.88. The molecule has 9 heteroatoms. The highest BCUT2D eigenvalue weighted by molar-refractivity contribution is 5.83. The van der Waals surface area contributed by atoms with Crippen molar-refractivity contribution in [3.63, 3.8) is 0 Å². The first-order valence-corrected chi connectivity index (χ1v) is 7.48. The summed E-state index contributed by atoms with van der Waals surface area (Å²) in [4.78, 5) is 36.1. The molecule has 0 unspecified atom stereocenters. The number of aromatic nitrogens is 2. The largest absolute Gasteiger partial charge is 0.451 e. The summed E-state index contributed by atoms with van der Waals surface area (Å²) in [5, 5.41) is 14.9. The fourth-order valence-corrected chi connectivity index (χ4v) is 2.71. The normalized spacial score (nSPS) is 15.5. The van der Waals surface area contributed by atoms with Gasteiger partial charge in [-0.25, -0.2) is 0 Å². The number of carbonyl (C=O) groups is 2. The lowest BCUT2D eigenvalue weighted by molar-refractivity contribution is -0.386. The quantitative estimate of drug-likeness (QED) is 0.453. The number of carbonyl (C=O) groups excluding carboxylic acids is 2. The summed E-state index contributed by atoms with van der Waals surface area (Å²) in [7, 11) is 0. The Morgan fingerprint density at radius 2 is 1.96 bits per heavy atom. The number of likely N-dealkylation sites (tertiary alicyclic amines) is 1. The van der Waals surface area contributed by atoms with Gasteiger partial charge < -0.3 is 9.64 Å². The van der Waals surface area contributed by atoms with E-state index in [0.717, 1.165) is 12.8 Å². The van der Waals surface area contributed by atoms with Gasteiger partial charge in [-0.2, -0.15) is 5.10 Å². The predicted octanol–water partition coefficient (Wildman–Crippen LogP) is 0.962. The van der Waals surface area contributed by atoms with E-state index < -0.39 is 17.0 Å². The number of amides is 1. The maximum Gasteiger partial charge on any atom is 0.328 e. The van der Waals surface area contributed by atoms with Crippen LogP contribution in [-0.2, 0) is 20.9 Å². The van der Waals surface area contributed by atoms with Gasteiger partial charge in [-0.15, -0.1) is 0 Å². The van der Waals surface area contributed by atoms with Crippen LogP contribution in [0, 0.1) is 24.0 Å². The second-order valence-corrected chi connectivity index (χ2v) is 5.60. The van der Waals surface area contributed by atoms with Gasteiger partial charge in [0.15, 0.2) is 6.10 Å². The van der Waals surface area contributed by atoms with Crippen LogP contribution in [0.15, 0.2) is 0 Å². The van der Waals surface area contributed by atoms with Crippen molar-refractivity contribution in [1.82, 2.24) is 14.7 Å². The zero-order chi connectivity index (χ0) is 17.1. The highest BCUT2D eigenvalue weighted by Crippen LogP contribution is 2.21. The summed E-state index contributed by atoms with van der Waals surface area (Å²) in [6.07, 6.45) is 1.05. The molecule has 0 bridgehead atoms. The summed E-state index contributed by atoms with van der Waals surface area (Å²) in [5.74, 6) is -0.860. The van der Waals surface area contributed by atoms with Gasteiger partial charge in [0.2, 0.25) is 0 Å². The van der Waals surface area contributed by atoms with Crippen LogP contribution in [-0.4, -0.2) is 50.7 Å². The Hall–Kier alpha value is -2.45. The first-order valence-electron chi connectivity index (χ1n) is 7.48. The molecule has 0 saturated carbocycles. The van der Waals surface area contributed by atoms with E-state index >= 15 is 0 Å². The Bertz CT molecular complexity index is 633. The minimum Gasteiger partial charge on any atom is -0.451 e. The van der Waals surface area contributed by atoms with Gasteiger partial charge in [0.1, 0.15) is 17.9 Å². The Labute approximate surface area is 133 Å². The smallest absolute Gasteiger partial charge is 0.328 e. The molecule has 1 aliphatic rings. The third kappa shape index (κ3) is 3.66. The topological polar surface area (TPSA) is 108 Å². The average molecular weight is 324 g/mol. The fourth-order valence-electron chi connectivity index (χ4n) is 2.71. The molecule has 1 aliphatic heterocycles. The van der Waals surface area contributed by atoms with Crippen molar-refractivity contribution in [2.75, 3.05) is 13.1 Å². The highest BCUT2D eigenvalue weighted by atomic mass is 16.6. The van der Waals surface area contributed by atoms with E-state index in [4.69, 9.17) is 4.74 Å². The van der Waals surface area contributed by atoms with Gasteiger partial charge in [-0.05, 0) is 33.6 Å². The highest BCUT2D eigenvalue weighted by Gasteiger charge is 2.27. The third-order valence-electron chi connectivity index (χ3n) is 3.88. The zero-order valence-electron chi connectivity index (χ0n) is 13.4. The number of ether oxygens (including phenoxy) is 1. The van der Waals surface area contributed by atoms with Crippen LogP contribution >= 0.6 is 0 Å². The molecule has 9 nitrogen and oxygen atoms in total. The van der Waals surface area contributed by atoms with Crippen molar-refractivity contribution in [3.8, 4) is 0 Å². The maximum absolute atomic E-state index is 12.1. The second-order valence-electron chi connectivity index (χ2n) is 5.60. The molecule has 1 fully saturated rings. The van der Waals surface area contributed by atoms with Crippen LogP contribution in [0.25, 0.3) is 0 Å². The lowest BCUT2D eigenvalue weighted by Gasteiger charge is -2.20. The minimum absolute atomic E-state index is 0.112. The van der Waals surface area contributed by atoms with Crippen LogP contribution in [0.5, 0.6) is 0 Å². The molecule has 126 valence electrons. The Balaban J connectivity index is 1.98. The van der Waals surface area contributed by atoms with E-state index in [1.807, 2.05) is 0 Å². The molecule has 0 aromatic carbocycles. The zero-order valence-corrected chi connectivity index (χ0v) is 13.4. The van der Waals surface area contributed by atoms with Crippen molar-refractivity contribution in [1.29, 1.82) is 0 Å². The monoisotopic (exact) mass is 324 g/mol. The molecule has 0 radical (unpaired) electrons. The van der Waals surface area contributed by atoms with Gasteiger partial charge in [-0.1, -0.05) is 0 Å². The van der Waals surface area contributed by atoms with E-state index in [9.17, 15) is 19.7 Å². The van der Waals surface area contributed by atoms with Gasteiger partial charge >= 0.3 is 11.7 Å². The van der Waals surface area contributed by atoms with Crippen molar-refractivity contribution in [3.05, 3.63) is 21.5 Å². The van der Waals surface area contributed by atoms with E-state index in [1.54, 1.807) is 4.90 Å². The van der Waals surface area contributed by atoms with E-state index in [0.29, 0.717) is 13.1 Å². The molecule has 1 amide bonds. The summed E-state index contributed by atoms with van der Waals surface area (Å²) in [6.45, 7) is 5.66. The molecule has 23 heavy (non-hydrogen) atoms. The van der Waals surface area contributed by atoms with Gasteiger partial charge in [0.05, 0.1) is 4.92 Å². The lowest BCUT2D eigenvalue weighted by Crippen LogP contribution is -2.38. The minimum atomic E-state index is -0.868. The molecule has 2 rings (SSSR count). The number of hydrogen-bond donors (Lipinski definition) is 0. The van der Waals surface area contributed by atoms with E-state index in [2.05, 4.69) is 5.10 Å². The summed E-state index contributed by atoms with van der Waals surface area (Å²) in [6, 6.07) is 0. The second kappa shape index (κ2) is 6.76. The van der Waals surface area contributed by atoms with Crippen LogP contribution in [0.4, 0.5) is 5.69 Å². The van der Waals surface area contributed by atoms with Gasteiger partial charge in [0.25, 0.3) is 5.91 Å². The standard InChI is InChI=1S/C14H20N4O5/c1-9-13(18(21)22)10(2)17(15-9)8-12(19)23-11(3)14(20)16-6-4-5-7-16/h11H,4-8H2,1-3H3/t11-/m1/s1. The van der Waals surface area contributed by atoms with Crippen LogP contribution in [0.2, 0.25) is 0 Å². The number of aryl methyl sites for hydroxylation is 1. The molecule has 0 spiro atoms. The molecule has 2 heterocycles. The Morgan fingerprint density at radius 3 is 2.48 bits per heavy atom. The molecular formula is C14H20N4O5. The molecule has 1 aromatic rings. The fraction of sp³-hybridized carbons (Fsp3) is 0.643. The first kappa shape index (κ1) is 16.9. The van der Waals surface area contributed by atoms with E-state index in [1.165, 1.54) is 25.5 Å². The maximum atomic E-state index is 12.1. The molecule has 0 aliphatic carbocycles. The van der Waals surface area contributed by atoms with Crippen molar-refractivity contribution >= 4 is 17.6 Å². The molecular weight excluding hydrogens is 304 g/mol. The average Bonchev–Trinajstić information content (AvgIpc) is 3.07. The molecule has 0 N–H and O–H groups in total. The SMILES string of the molecule is Cc1nn(CC(=O)O[C@H](C)C(=O)N2CCCC2)c(C)c1[N+](=O)[O-]. The molecule has 1 aromatic heterocycles. The lowest BCUT2D eigenvalue weighted by atomic mass is 10.3. The number of esters is 1. The van der Waals surface area contributed by atoms with Crippen molar-refractivity contribution < 1.29 is 19.2 Å². The predicted molar refractivity (Wildman–Crippen MR) is 79.7 cm³/mol. The van der Waals surface area contributed by atoms with Crippen LogP contribution in [0.1, 0.15) is 31.2 Å². The number of nitro groups is 1. The van der Waals surface area contributed by atoms with Gasteiger partial charge in [0, 0.05) is 13.1 Å². The van der Waals surface area contributed by atoms with Crippen molar-refractivity contribution in [2.45, 2.75) is 46.3 Å². The van der Waals surface area contributed by atoms with Crippen LogP contribution < -0.4 is 0 Å². The van der Waals surface area contributed by atoms with Crippen LogP contribution in [0.3, 0.4) is 0 Å². The number of nitrogens with zero attached hydrogens (tertiary/aromatic N) is 4. The summed E-state index contributed by atoms with van der Waals surface area (Å²) in [5.41, 5.74) is 0.406. The van der Waals surface area contributed by atoms with Gasteiger partial charge in [-0.3, -0.25) is 24.4 Å². The summed E-state index contributed by atoms with van der Waals surface area (Å²) >= 11 is 0. The summed E-state index contributed by atoms with van der Waals surface area (Å²) < 4.78 is 6.36. The van der Waals surface area contributed by atoms with E-state index in [-0.39, 0.29) is 29.5 Å². The van der Waals surface area contributed by atoms with Crippen molar-refractivity contribution in [2.24, 2.45) is 0 Å². The molecule has 1 atom stereocenters. The Kier molecular flexibility index (Phi) is 4.97. The number of hydrogen-bond acceptors (Lipinski definition) is 6. The number of rotatable bonds is 5. The molecule has 1 saturated heterocycles. The Morgan fingerprint density at radius 1 is 1.35 bits per heavy atom. The first-order chi connectivity index (χ1) is 10.8.